The van der Waals surface area contributed by atoms with Gasteiger partial charge in [0.2, 0.25) is 0 Å². The minimum Gasteiger partial charge on any atom is -0.329 e. The van der Waals surface area contributed by atoms with Gasteiger partial charge in [0.25, 0.3) is 5.56 Å². The highest BCUT2D eigenvalue weighted by molar-refractivity contribution is 5.67. The van der Waals surface area contributed by atoms with Gasteiger partial charge in [-0.25, -0.2) is 0 Å². The fraction of sp³-hybridized carbons (Fsp3) is 0.143. The molecule has 1 aromatic carbocycles. The number of aromatic amines is 1. The van der Waals surface area contributed by atoms with Crippen LogP contribution in [0.15, 0.2) is 41.3 Å². The number of pyridine rings is 1. The van der Waals surface area contributed by atoms with E-state index >= 15 is 0 Å². The third kappa shape index (κ3) is 2.72. The third-order valence-electron chi connectivity index (χ3n) is 2.82. The van der Waals surface area contributed by atoms with Crippen LogP contribution in [-0.4, -0.2) is 4.98 Å². The molecule has 0 saturated heterocycles. The van der Waals surface area contributed by atoms with Gasteiger partial charge in [0.1, 0.15) is 0 Å². The number of rotatable bonds is 2. The molecule has 0 saturated carbocycles. The lowest BCUT2D eigenvalue weighted by molar-refractivity contribution is -0.137. The van der Waals surface area contributed by atoms with Gasteiger partial charge in [-0.05, 0) is 29.3 Å². The van der Waals surface area contributed by atoms with Crippen LogP contribution in [0.25, 0.3) is 11.1 Å². The Labute approximate surface area is 112 Å². The van der Waals surface area contributed by atoms with E-state index in [2.05, 4.69) is 4.98 Å². The van der Waals surface area contributed by atoms with Crippen LogP contribution in [0.3, 0.4) is 0 Å². The number of aromatic nitrogens is 1. The summed E-state index contributed by atoms with van der Waals surface area (Å²) in [5.41, 5.74) is -0.156. The molecule has 6 heteroatoms. The third-order valence-corrected chi connectivity index (χ3v) is 2.82. The zero-order chi connectivity index (χ0) is 14.8. The Morgan fingerprint density at radius 3 is 2.35 bits per heavy atom. The molecule has 1 heterocycles. The second-order valence-corrected chi connectivity index (χ2v) is 4.12. The molecular formula is C14H9F3N2O. The number of benzene rings is 1. The number of hydrogen-bond donors (Lipinski definition) is 1. The van der Waals surface area contributed by atoms with Crippen molar-refractivity contribution in [2.45, 2.75) is 12.6 Å². The van der Waals surface area contributed by atoms with E-state index in [1.54, 1.807) is 6.07 Å². The van der Waals surface area contributed by atoms with Crippen LogP contribution < -0.4 is 5.56 Å². The minimum atomic E-state index is -4.42. The van der Waals surface area contributed by atoms with Crippen LogP contribution >= 0.6 is 0 Å². The molecule has 2 aromatic rings. The smallest absolute Gasteiger partial charge is 0.329 e. The summed E-state index contributed by atoms with van der Waals surface area (Å²) < 4.78 is 37.5. The highest BCUT2D eigenvalue weighted by Gasteiger charge is 2.30. The Morgan fingerprint density at radius 1 is 1.15 bits per heavy atom. The van der Waals surface area contributed by atoms with Gasteiger partial charge in [0.05, 0.1) is 23.6 Å². The summed E-state index contributed by atoms with van der Waals surface area (Å²) in [4.78, 5) is 14.3. The van der Waals surface area contributed by atoms with E-state index in [0.717, 1.165) is 12.1 Å². The van der Waals surface area contributed by atoms with Crippen LogP contribution in [0.1, 0.15) is 11.1 Å². The average molecular weight is 278 g/mol. The lowest BCUT2D eigenvalue weighted by atomic mass is 9.99. The number of nitrogens with one attached hydrogen (secondary N) is 1. The number of alkyl halides is 3. The first kappa shape index (κ1) is 13.9. The van der Waals surface area contributed by atoms with Gasteiger partial charge < -0.3 is 4.98 Å². The van der Waals surface area contributed by atoms with Gasteiger partial charge >= 0.3 is 6.18 Å². The van der Waals surface area contributed by atoms with Crippen LogP contribution in [-0.2, 0) is 12.6 Å². The van der Waals surface area contributed by atoms with Gasteiger partial charge in [-0.2, -0.15) is 18.4 Å². The maximum absolute atomic E-state index is 12.5. The molecule has 0 radical (unpaired) electrons. The molecule has 2 rings (SSSR count). The first-order chi connectivity index (χ1) is 9.43. The van der Waals surface area contributed by atoms with Gasteiger partial charge in [-0.15, -0.1) is 0 Å². The van der Waals surface area contributed by atoms with Crippen molar-refractivity contribution in [3.05, 3.63) is 58.0 Å². The summed E-state index contributed by atoms with van der Waals surface area (Å²) in [6.07, 6.45) is -3.00. The quantitative estimate of drug-likeness (QED) is 0.917. The molecule has 0 aliphatic rings. The monoisotopic (exact) mass is 278 g/mol. The zero-order valence-electron chi connectivity index (χ0n) is 10.2. The summed E-state index contributed by atoms with van der Waals surface area (Å²) in [5, 5.41) is 8.72. The van der Waals surface area contributed by atoms with Crippen molar-refractivity contribution in [1.29, 1.82) is 5.26 Å². The van der Waals surface area contributed by atoms with E-state index in [1.807, 2.05) is 6.07 Å². The Balaban J connectivity index is 2.53. The van der Waals surface area contributed by atoms with Gasteiger partial charge in [-0.1, -0.05) is 12.1 Å². The van der Waals surface area contributed by atoms with Crippen LogP contribution in [0.4, 0.5) is 13.2 Å². The molecule has 0 spiro atoms. The fourth-order valence-electron chi connectivity index (χ4n) is 1.89. The molecular weight excluding hydrogens is 269 g/mol. The molecule has 1 aromatic heterocycles. The Morgan fingerprint density at radius 2 is 1.80 bits per heavy atom. The van der Waals surface area contributed by atoms with Crippen molar-refractivity contribution in [2.24, 2.45) is 0 Å². The predicted octanol–water partition coefficient (Wildman–Crippen LogP) is 3.13. The average Bonchev–Trinajstić information content (AvgIpc) is 2.38. The number of nitrogens with zero attached hydrogens (tertiary/aromatic N) is 1. The second kappa shape index (κ2) is 5.21. The van der Waals surface area contributed by atoms with E-state index in [-0.39, 0.29) is 12.0 Å². The van der Waals surface area contributed by atoms with Gasteiger partial charge in [0.15, 0.2) is 0 Å². The number of nitriles is 1. The molecule has 102 valence electrons. The predicted molar refractivity (Wildman–Crippen MR) is 66.8 cm³/mol. The van der Waals surface area contributed by atoms with Crippen molar-refractivity contribution < 1.29 is 13.2 Å². The first-order valence-corrected chi connectivity index (χ1v) is 5.68. The van der Waals surface area contributed by atoms with E-state index in [4.69, 9.17) is 5.26 Å². The number of halogens is 3. The summed E-state index contributed by atoms with van der Waals surface area (Å²) >= 11 is 0. The van der Waals surface area contributed by atoms with E-state index in [9.17, 15) is 18.0 Å². The molecule has 0 aliphatic heterocycles. The summed E-state index contributed by atoms with van der Waals surface area (Å²) in [6.45, 7) is 0. The number of H-pyrrole nitrogens is 1. The molecule has 0 bridgehead atoms. The van der Waals surface area contributed by atoms with E-state index in [1.165, 1.54) is 18.3 Å². The Bertz CT molecular complexity index is 709. The SMILES string of the molecule is N#CCc1cc[nH]c(=O)c1-c1ccc(C(F)(F)F)cc1. The summed E-state index contributed by atoms with van der Waals surface area (Å²) in [6, 6.07) is 7.78. The molecule has 0 atom stereocenters. The zero-order valence-corrected chi connectivity index (χ0v) is 10.2. The molecule has 0 aliphatic carbocycles. The minimum absolute atomic E-state index is 0.0142. The molecule has 0 amide bonds. The number of hydrogen-bond acceptors (Lipinski definition) is 2. The maximum Gasteiger partial charge on any atom is 0.416 e. The van der Waals surface area contributed by atoms with Crippen molar-refractivity contribution in [1.82, 2.24) is 4.98 Å². The standard InChI is InChI=1S/C14H9F3N2O/c15-14(16,17)11-3-1-9(2-4-11)12-10(5-7-18)6-8-19-13(12)20/h1-4,6,8H,5H2,(H,19,20). The Kier molecular flexibility index (Phi) is 3.61. The summed E-state index contributed by atoms with van der Waals surface area (Å²) in [7, 11) is 0. The molecule has 0 fully saturated rings. The fourth-order valence-corrected chi connectivity index (χ4v) is 1.89. The van der Waals surface area contributed by atoms with Crippen LogP contribution in [0.5, 0.6) is 0 Å². The lowest BCUT2D eigenvalue weighted by Crippen LogP contribution is -2.11. The molecule has 20 heavy (non-hydrogen) atoms. The van der Waals surface area contributed by atoms with Gasteiger partial charge in [-0.3, -0.25) is 4.79 Å². The van der Waals surface area contributed by atoms with E-state index in [0.29, 0.717) is 11.1 Å². The van der Waals surface area contributed by atoms with Crippen LogP contribution in [0.2, 0.25) is 0 Å². The molecule has 1 N–H and O–H groups in total. The molecule has 3 nitrogen and oxygen atoms in total. The topological polar surface area (TPSA) is 56.6 Å². The Hall–Kier alpha value is -2.55. The van der Waals surface area contributed by atoms with Crippen molar-refractivity contribution >= 4 is 0 Å². The first-order valence-electron chi connectivity index (χ1n) is 5.68. The van der Waals surface area contributed by atoms with Crippen molar-refractivity contribution in [3.63, 3.8) is 0 Å². The lowest BCUT2D eigenvalue weighted by Gasteiger charge is -2.09. The largest absolute Gasteiger partial charge is 0.416 e. The highest BCUT2D eigenvalue weighted by Crippen LogP contribution is 2.30. The van der Waals surface area contributed by atoms with Gasteiger partial charge in [0, 0.05) is 6.20 Å². The van der Waals surface area contributed by atoms with Crippen molar-refractivity contribution in [2.75, 3.05) is 0 Å². The normalized spacial score (nSPS) is 11.1. The summed E-state index contributed by atoms with van der Waals surface area (Å²) in [5.74, 6) is 0. The molecule has 0 unspecified atom stereocenters. The second-order valence-electron chi connectivity index (χ2n) is 4.12. The highest BCUT2D eigenvalue weighted by atomic mass is 19.4. The van der Waals surface area contributed by atoms with Crippen molar-refractivity contribution in [3.8, 4) is 17.2 Å². The van der Waals surface area contributed by atoms with E-state index < -0.39 is 17.3 Å². The van der Waals surface area contributed by atoms with Crippen LogP contribution in [0, 0.1) is 11.3 Å². The maximum atomic E-state index is 12.5.